The van der Waals surface area contributed by atoms with E-state index >= 15 is 0 Å². The lowest BCUT2D eigenvalue weighted by atomic mass is 10.0. The Kier molecular flexibility index (Phi) is 5.09. The van der Waals surface area contributed by atoms with Crippen molar-refractivity contribution in [2.24, 2.45) is 0 Å². The molecule has 0 fully saturated rings. The van der Waals surface area contributed by atoms with Gasteiger partial charge in [-0.05, 0) is 53.9 Å². The van der Waals surface area contributed by atoms with Crippen molar-refractivity contribution in [1.82, 2.24) is 0 Å². The first-order chi connectivity index (χ1) is 9.02. The van der Waals surface area contributed by atoms with E-state index in [-0.39, 0.29) is 4.83 Å². The lowest BCUT2D eigenvalue weighted by molar-refractivity contribution is 0.414. The molecule has 1 unspecified atom stereocenters. The maximum absolute atomic E-state index is 5.25. The Morgan fingerprint density at radius 2 is 1.74 bits per heavy atom. The molecular weight excluding hydrogens is 436 g/mol. The predicted molar refractivity (Wildman–Crippen MR) is 90.3 cm³/mol. The van der Waals surface area contributed by atoms with Gasteiger partial charge in [0, 0.05) is 8.95 Å². The average molecular weight is 449 g/mol. The van der Waals surface area contributed by atoms with Crippen molar-refractivity contribution in [3.05, 3.63) is 62.0 Å². The summed E-state index contributed by atoms with van der Waals surface area (Å²) in [5, 5.41) is 0. The second-order valence-electron chi connectivity index (χ2n) is 4.25. The third-order valence-corrected chi connectivity index (χ3v) is 5.18. The number of hydrogen-bond acceptors (Lipinski definition) is 1. The van der Waals surface area contributed by atoms with Gasteiger partial charge in [-0.15, -0.1) is 0 Å². The number of rotatable bonds is 3. The van der Waals surface area contributed by atoms with Crippen LogP contribution in [-0.4, -0.2) is 7.11 Å². The number of alkyl halides is 1. The van der Waals surface area contributed by atoms with Crippen molar-refractivity contribution in [3.63, 3.8) is 0 Å². The molecule has 19 heavy (non-hydrogen) atoms. The number of benzene rings is 2. The number of hydrogen-bond donors (Lipinski definition) is 0. The molecule has 1 atom stereocenters. The molecule has 1 nitrogen and oxygen atoms in total. The van der Waals surface area contributed by atoms with Crippen molar-refractivity contribution in [3.8, 4) is 5.75 Å². The van der Waals surface area contributed by atoms with E-state index in [4.69, 9.17) is 4.74 Å². The van der Waals surface area contributed by atoms with E-state index < -0.39 is 0 Å². The van der Waals surface area contributed by atoms with Crippen LogP contribution in [0, 0.1) is 6.92 Å². The van der Waals surface area contributed by atoms with Gasteiger partial charge < -0.3 is 4.74 Å². The van der Waals surface area contributed by atoms with E-state index in [1.54, 1.807) is 7.11 Å². The molecule has 2 aromatic rings. The summed E-state index contributed by atoms with van der Waals surface area (Å²) >= 11 is 10.9. The van der Waals surface area contributed by atoms with Gasteiger partial charge in [-0.25, -0.2) is 0 Å². The van der Waals surface area contributed by atoms with Gasteiger partial charge in [-0.3, -0.25) is 0 Å². The van der Waals surface area contributed by atoms with Crippen LogP contribution in [0.3, 0.4) is 0 Å². The first-order valence-electron chi connectivity index (χ1n) is 5.76. The van der Waals surface area contributed by atoms with Crippen molar-refractivity contribution in [1.29, 1.82) is 0 Å². The Morgan fingerprint density at radius 1 is 1.00 bits per heavy atom. The van der Waals surface area contributed by atoms with Gasteiger partial charge in [-0.2, -0.15) is 0 Å². The van der Waals surface area contributed by atoms with E-state index in [0.29, 0.717) is 0 Å². The summed E-state index contributed by atoms with van der Waals surface area (Å²) in [6, 6.07) is 12.3. The minimum Gasteiger partial charge on any atom is -0.497 e. The van der Waals surface area contributed by atoms with E-state index in [1.165, 1.54) is 16.7 Å². The number of halogens is 3. The van der Waals surface area contributed by atoms with Crippen molar-refractivity contribution in [2.75, 3.05) is 7.11 Å². The zero-order valence-corrected chi connectivity index (χ0v) is 15.3. The third-order valence-electron chi connectivity index (χ3n) is 2.98. The highest BCUT2D eigenvalue weighted by atomic mass is 79.9. The van der Waals surface area contributed by atoms with Crippen molar-refractivity contribution in [2.45, 2.75) is 11.8 Å². The van der Waals surface area contributed by atoms with Crippen LogP contribution in [0.1, 0.15) is 21.5 Å². The Bertz CT molecular complexity index is 596. The van der Waals surface area contributed by atoms with Crippen LogP contribution in [-0.2, 0) is 0 Å². The largest absolute Gasteiger partial charge is 0.497 e. The quantitative estimate of drug-likeness (QED) is 0.522. The Hall–Kier alpha value is -0.320. The van der Waals surface area contributed by atoms with Gasteiger partial charge in [-0.1, -0.05) is 53.9 Å². The van der Waals surface area contributed by atoms with Crippen LogP contribution < -0.4 is 4.74 Å². The molecule has 0 aromatic heterocycles. The molecule has 0 saturated heterocycles. The smallest absolute Gasteiger partial charge is 0.119 e. The summed E-state index contributed by atoms with van der Waals surface area (Å²) in [5.74, 6) is 0.884. The van der Waals surface area contributed by atoms with Gasteiger partial charge >= 0.3 is 0 Å². The molecule has 0 aliphatic rings. The normalized spacial score (nSPS) is 12.3. The zero-order chi connectivity index (χ0) is 14.0. The van der Waals surface area contributed by atoms with Crippen LogP contribution >= 0.6 is 47.8 Å². The van der Waals surface area contributed by atoms with Crippen LogP contribution in [0.4, 0.5) is 0 Å². The highest BCUT2D eigenvalue weighted by Gasteiger charge is 2.16. The first-order valence-corrected chi connectivity index (χ1v) is 8.26. The Balaban J connectivity index is 2.43. The zero-order valence-electron chi connectivity index (χ0n) is 10.6. The molecule has 0 amide bonds. The lowest BCUT2D eigenvalue weighted by Crippen LogP contribution is -1.98. The fourth-order valence-electron chi connectivity index (χ4n) is 1.94. The van der Waals surface area contributed by atoms with Gasteiger partial charge in [0.1, 0.15) is 5.75 Å². The minimum absolute atomic E-state index is 0.144. The summed E-state index contributed by atoms with van der Waals surface area (Å²) in [6.07, 6.45) is 0. The molecule has 0 aliphatic heterocycles. The summed E-state index contributed by atoms with van der Waals surface area (Å²) in [5.41, 5.74) is 3.63. The molecule has 0 N–H and O–H groups in total. The number of methoxy groups -OCH3 is 1. The van der Waals surface area contributed by atoms with Crippen molar-refractivity contribution >= 4 is 47.8 Å². The molecular formula is C15H13Br3O. The highest BCUT2D eigenvalue weighted by Crippen LogP contribution is 2.38. The SMILES string of the molecule is COc1ccc(C(Br)c2cc(Br)ccc2Br)c(C)c1. The molecule has 2 rings (SSSR count). The van der Waals surface area contributed by atoms with Gasteiger partial charge in [0.2, 0.25) is 0 Å². The topological polar surface area (TPSA) is 9.23 Å². The predicted octanol–water partition coefficient (Wildman–Crippen LogP) is 6.01. The highest BCUT2D eigenvalue weighted by molar-refractivity contribution is 9.11. The first kappa shape index (κ1) is 15.1. The Morgan fingerprint density at radius 3 is 2.37 bits per heavy atom. The molecule has 4 heteroatoms. The van der Waals surface area contributed by atoms with Crippen LogP contribution in [0.5, 0.6) is 5.75 Å². The fourth-order valence-corrected chi connectivity index (χ4v) is 3.99. The summed E-state index contributed by atoms with van der Waals surface area (Å²) in [4.78, 5) is 0.144. The second-order valence-corrected chi connectivity index (χ2v) is 6.94. The van der Waals surface area contributed by atoms with E-state index in [9.17, 15) is 0 Å². The molecule has 0 spiro atoms. The van der Waals surface area contributed by atoms with Gasteiger partial charge in [0.25, 0.3) is 0 Å². The maximum atomic E-state index is 5.25. The lowest BCUT2D eigenvalue weighted by Gasteiger charge is -2.16. The Labute approximate surface area is 138 Å². The monoisotopic (exact) mass is 446 g/mol. The number of ether oxygens (including phenoxy) is 1. The fraction of sp³-hybridized carbons (Fsp3) is 0.200. The molecule has 2 aromatic carbocycles. The number of aryl methyl sites for hydroxylation is 1. The minimum atomic E-state index is 0.144. The summed E-state index contributed by atoms with van der Waals surface area (Å²) in [7, 11) is 1.69. The van der Waals surface area contributed by atoms with Gasteiger partial charge in [0.05, 0.1) is 11.9 Å². The van der Waals surface area contributed by atoms with E-state index in [1.807, 2.05) is 18.2 Å². The summed E-state index contributed by atoms with van der Waals surface area (Å²) < 4.78 is 7.41. The van der Waals surface area contributed by atoms with Gasteiger partial charge in [0.15, 0.2) is 0 Å². The molecule has 0 aliphatic carbocycles. The second kappa shape index (κ2) is 6.42. The summed E-state index contributed by atoms with van der Waals surface area (Å²) in [6.45, 7) is 2.10. The van der Waals surface area contributed by atoms with Crippen LogP contribution in [0.25, 0.3) is 0 Å². The average Bonchev–Trinajstić information content (AvgIpc) is 2.40. The molecule has 0 saturated carbocycles. The van der Waals surface area contributed by atoms with E-state index in [0.717, 1.165) is 14.7 Å². The van der Waals surface area contributed by atoms with E-state index in [2.05, 4.69) is 72.9 Å². The molecule has 0 heterocycles. The standard InChI is InChI=1S/C15H13Br3O/c1-9-7-11(19-2)4-5-12(9)15(18)13-8-10(16)3-6-14(13)17/h3-8,15H,1-2H3. The molecule has 100 valence electrons. The molecule has 0 bridgehead atoms. The maximum Gasteiger partial charge on any atom is 0.119 e. The van der Waals surface area contributed by atoms with Crippen LogP contribution in [0.2, 0.25) is 0 Å². The van der Waals surface area contributed by atoms with Crippen LogP contribution in [0.15, 0.2) is 45.3 Å². The molecule has 0 radical (unpaired) electrons. The van der Waals surface area contributed by atoms with Crippen molar-refractivity contribution < 1.29 is 4.74 Å². The third kappa shape index (κ3) is 3.41.